The molecule has 0 aliphatic rings. The quantitative estimate of drug-likeness (QED) is 0.776. The fourth-order valence-corrected chi connectivity index (χ4v) is 2.23. The van der Waals surface area contributed by atoms with Gasteiger partial charge in [-0.1, -0.05) is 38.2 Å². The summed E-state index contributed by atoms with van der Waals surface area (Å²) in [5, 5.41) is 8.83. The van der Waals surface area contributed by atoms with Gasteiger partial charge in [-0.3, -0.25) is 4.90 Å². The van der Waals surface area contributed by atoms with E-state index >= 15 is 0 Å². The first-order valence-corrected chi connectivity index (χ1v) is 7.74. The van der Waals surface area contributed by atoms with Gasteiger partial charge in [0.2, 0.25) is 0 Å². The summed E-state index contributed by atoms with van der Waals surface area (Å²) in [5.41, 5.74) is 1.70. The Labute approximate surface area is 128 Å². The van der Waals surface area contributed by atoms with Gasteiger partial charge in [0.1, 0.15) is 12.4 Å². The van der Waals surface area contributed by atoms with Gasteiger partial charge in [-0.25, -0.2) is 4.39 Å². The Bertz CT molecular complexity index is 490. The summed E-state index contributed by atoms with van der Waals surface area (Å²) in [5.74, 6) is 5.18. The van der Waals surface area contributed by atoms with Crippen molar-refractivity contribution < 1.29 is 9.50 Å². The molecule has 0 fully saturated rings. The smallest absolute Gasteiger partial charge is 0.124 e. The third kappa shape index (κ3) is 5.87. The standard InChI is InChI=1S/C18H26FNO/c1-4-6-11-20(15(3)5-2)14-17-9-10-18(19)13-16(17)8-7-12-21/h9-10,13,15,21H,4-6,11-12,14H2,1-3H3. The van der Waals surface area contributed by atoms with Crippen molar-refractivity contribution in [3.05, 3.63) is 35.1 Å². The van der Waals surface area contributed by atoms with Crippen LogP contribution in [0.1, 0.15) is 51.2 Å². The molecule has 21 heavy (non-hydrogen) atoms. The lowest BCUT2D eigenvalue weighted by molar-refractivity contribution is 0.192. The van der Waals surface area contributed by atoms with Crippen LogP contribution in [0.2, 0.25) is 0 Å². The maximum absolute atomic E-state index is 13.4. The van der Waals surface area contributed by atoms with Crippen molar-refractivity contribution in [3.8, 4) is 11.8 Å². The van der Waals surface area contributed by atoms with Crippen molar-refractivity contribution >= 4 is 0 Å². The lowest BCUT2D eigenvalue weighted by Gasteiger charge is -2.28. The van der Waals surface area contributed by atoms with E-state index in [4.69, 9.17) is 5.11 Å². The molecular formula is C18H26FNO. The van der Waals surface area contributed by atoms with Gasteiger partial charge in [-0.2, -0.15) is 0 Å². The molecule has 1 aromatic rings. The topological polar surface area (TPSA) is 23.5 Å². The van der Waals surface area contributed by atoms with Crippen molar-refractivity contribution in [2.75, 3.05) is 13.2 Å². The van der Waals surface area contributed by atoms with Crippen LogP contribution in [0, 0.1) is 17.7 Å². The molecule has 0 aliphatic carbocycles. The van der Waals surface area contributed by atoms with Crippen LogP contribution in [-0.4, -0.2) is 29.2 Å². The lowest BCUT2D eigenvalue weighted by atomic mass is 10.1. The highest BCUT2D eigenvalue weighted by molar-refractivity contribution is 5.41. The predicted octanol–water partition coefficient (Wildman–Crippen LogP) is 3.57. The number of hydrogen-bond acceptors (Lipinski definition) is 2. The Hall–Kier alpha value is -1.37. The van der Waals surface area contributed by atoms with Crippen molar-refractivity contribution in [3.63, 3.8) is 0 Å². The molecule has 0 saturated heterocycles. The van der Waals surface area contributed by atoms with E-state index in [1.54, 1.807) is 6.07 Å². The first-order chi connectivity index (χ1) is 10.1. The normalized spacial score (nSPS) is 12.1. The zero-order valence-electron chi connectivity index (χ0n) is 13.3. The first kappa shape index (κ1) is 17.7. The summed E-state index contributed by atoms with van der Waals surface area (Å²) in [6.07, 6.45) is 3.40. The Morgan fingerprint density at radius 2 is 2.10 bits per heavy atom. The van der Waals surface area contributed by atoms with E-state index in [-0.39, 0.29) is 12.4 Å². The molecule has 1 aromatic carbocycles. The molecule has 0 heterocycles. The van der Waals surface area contributed by atoms with Crippen LogP contribution < -0.4 is 0 Å². The second-order valence-electron chi connectivity index (χ2n) is 5.34. The average molecular weight is 291 g/mol. The van der Waals surface area contributed by atoms with Crippen molar-refractivity contribution in [2.24, 2.45) is 0 Å². The maximum atomic E-state index is 13.4. The van der Waals surface area contributed by atoms with Crippen LogP contribution in [-0.2, 0) is 6.54 Å². The molecule has 1 atom stereocenters. The minimum atomic E-state index is -0.287. The number of rotatable bonds is 7. The number of aliphatic hydroxyl groups is 1. The monoisotopic (exact) mass is 291 g/mol. The number of hydrogen-bond donors (Lipinski definition) is 1. The van der Waals surface area contributed by atoms with E-state index in [0.717, 1.165) is 37.9 Å². The van der Waals surface area contributed by atoms with Crippen molar-refractivity contribution in [1.82, 2.24) is 4.90 Å². The van der Waals surface area contributed by atoms with E-state index in [1.807, 2.05) is 0 Å². The number of unbranched alkanes of at least 4 members (excludes halogenated alkanes) is 1. The summed E-state index contributed by atoms with van der Waals surface area (Å²) >= 11 is 0. The Balaban J connectivity index is 2.96. The van der Waals surface area contributed by atoms with E-state index in [0.29, 0.717) is 11.6 Å². The first-order valence-electron chi connectivity index (χ1n) is 7.74. The van der Waals surface area contributed by atoms with Crippen LogP contribution in [0.5, 0.6) is 0 Å². The second kappa shape index (κ2) is 9.55. The zero-order chi connectivity index (χ0) is 15.7. The molecule has 1 rings (SSSR count). The van der Waals surface area contributed by atoms with Gasteiger partial charge in [0.05, 0.1) is 0 Å². The van der Waals surface area contributed by atoms with Crippen LogP contribution in [0.15, 0.2) is 18.2 Å². The summed E-state index contributed by atoms with van der Waals surface area (Å²) in [6, 6.07) is 5.22. The van der Waals surface area contributed by atoms with E-state index < -0.39 is 0 Å². The third-order valence-electron chi connectivity index (χ3n) is 3.76. The molecule has 3 heteroatoms. The molecular weight excluding hydrogens is 265 g/mol. The molecule has 0 amide bonds. The van der Waals surface area contributed by atoms with Gasteiger partial charge in [0.25, 0.3) is 0 Å². The van der Waals surface area contributed by atoms with Gasteiger partial charge in [-0.15, -0.1) is 0 Å². The Kier molecular flexibility index (Phi) is 8.04. The van der Waals surface area contributed by atoms with Gasteiger partial charge in [0.15, 0.2) is 0 Å². The molecule has 1 N–H and O–H groups in total. The molecule has 0 aromatic heterocycles. The highest BCUT2D eigenvalue weighted by Crippen LogP contribution is 2.16. The van der Waals surface area contributed by atoms with Crippen LogP contribution in [0.25, 0.3) is 0 Å². The van der Waals surface area contributed by atoms with Gasteiger partial charge in [-0.05, 0) is 44.0 Å². The summed E-state index contributed by atoms with van der Waals surface area (Å²) in [7, 11) is 0. The summed E-state index contributed by atoms with van der Waals surface area (Å²) < 4.78 is 13.4. The SMILES string of the molecule is CCCCN(Cc1ccc(F)cc1C#CCO)C(C)CC. The minimum Gasteiger partial charge on any atom is -0.384 e. The van der Waals surface area contributed by atoms with Crippen molar-refractivity contribution in [1.29, 1.82) is 0 Å². The van der Waals surface area contributed by atoms with Gasteiger partial charge in [0, 0.05) is 18.2 Å². The molecule has 0 saturated carbocycles. The van der Waals surface area contributed by atoms with Crippen LogP contribution >= 0.6 is 0 Å². The van der Waals surface area contributed by atoms with E-state index in [1.165, 1.54) is 12.1 Å². The molecule has 0 aliphatic heterocycles. The lowest BCUT2D eigenvalue weighted by Crippen LogP contribution is -2.33. The molecule has 2 nitrogen and oxygen atoms in total. The number of aliphatic hydroxyl groups excluding tert-OH is 1. The molecule has 0 radical (unpaired) electrons. The Morgan fingerprint density at radius 1 is 1.33 bits per heavy atom. The minimum absolute atomic E-state index is 0.207. The molecule has 1 unspecified atom stereocenters. The highest BCUT2D eigenvalue weighted by atomic mass is 19.1. The largest absolute Gasteiger partial charge is 0.384 e. The van der Waals surface area contributed by atoms with Crippen molar-refractivity contribution in [2.45, 2.75) is 52.6 Å². The summed E-state index contributed by atoms with van der Waals surface area (Å²) in [6.45, 7) is 8.19. The fraction of sp³-hybridized carbons (Fsp3) is 0.556. The van der Waals surface area contributed by atoms with Gasteiger partial charge < -0.3 is 5.11 Å². The Morgan fingerprint density at radius 3 is 2.71 bits per heavy atom. The zero-order valence-corrected chi connectivity index (χ0v) is 13.3. The van der Waals surface area contributed by atoms with E-state index in [9.17, 15) is 4.39 Å². The molecule has 0 bridgehead atoms. The predicted molar refractivity (Wildman–Crippen MR) is 85.4 cm³/mol. The number of halogens is 1. The third-order valence-corrected chi connectivity index (χ3v) is 3.76. The summed E-state index contributed by atoms with van der Waals surface area (Å²) in [4.78, 5) is 2.42. The highest BCUT2D eigenvalue weighted by Gasteiger charge is 2.14. The molecule has 116 valence electrons. The average Bonchev–Trinajstić information content (AvgIpc) is 2.50. The van der Waals surface area contributed by atoms with Gasteiger partial charge >= 0.3 is 0 Å². The van der Waals surface area contributed by atoms with Crippen LogP contribution in [0.3, 0.4) is 0 Å². The van der Waals surface area contributed by atoms with Crippen LogP contribution in [0.4, 0.5) is 4.39 Å². The maximum Gasteiger partial charge on any atom is 0.124 e. The number of nitrogens with zero attached hydrogens (tertiary/aromatic N) is 1. The second-order valence-corrected chi connectivity index (χ2v) is 5.34. The van der Waals surface area contributed by atoms with E-state index in [2.05, 4.69) is 37.5 Å². The number of benzene rings is 1. The molecule has 0 spiro atoms. The fourth-order valence-electron chi connectivity index (χ4n) is 2.23.